The maximum atomic E-state index is 12.1. The molecule has 2 aromatic carbocycles. The first-order valence-corrected chi connectivity index (χ1v) is 8.47. The lowest BCUT2D eigenvalue weighted by molar-refractivity contribution is -0.108. The van der Waals surface area contributed by atoms with Crippen LogP contribution < -0.4 is 5.73 Å². The maximum Gasteiger partial charge on any atom is 0.338 e. The lowest BCUT2D eigenvalue weighted by Crippen LogP contribution is -2.24. The third-order valence-corrected chi connectivity index (χ3v) is 4.23. The predicted molar refractivity (Wildman–Crippen MR) is 93.5 cm³/mol. The Morgan fingerprint density at radius 2 is 1.87 bits per heavy atom. The van der Waals surface area contributed by atoms with Gasteiger partial charge in [-0.25, -0.2) is 4.79 Å². The van der Waals surface area contributed by atoms with Gasteiger partial charge in [-0.2, -0.15) is 11.8 Å². The smallest absolute Gasteiger partial charge is 0.338 e. The molecule has 0 amide bonds. The first-order valence-electron chi connectivity index (χ1n) is 7.32. The number of nitrogens with two attached hydrogens (primary N) is 1. The molecular weight excluding hydrogens is 310 g/mol. The van der Waals surface area contributed by atoms with Crippen molar-refractivity contribution in [3.8, 4) is 11.1 Å². The highest BCUT2D eigenvalue weighted by atomic mass is 32.2. The molecule has 4 nitrogen and oxygen atoms in total. The molecule has 120 valence electrons. The average Bonchev–Trinajstić information content (AvgIpc) is 2.62. The van der Waals surface area contributed by atoms with E-state index in [0.29, 0.717) is 30.0 Å². The molecule has 0 fully saturated rings. The fourth-order valence-electron chi connectivity index (χ4n) is 1.99. The van der Waals surface area contributed by atoms with Gasteiger partial charge < -0.3 is 15.3 Å². The molecule has 5 heteroatoms. The van der Waals surface area contributed by atoms with Gasteiger partial charge in [0, 0.05) is 11.5 Å². The summed E-state index contributed by atoms with van der Waals surface area (Å²) < 4.78 is 5.25. The molecule has 0 aliphatic heterocycles. The Kier molecular flexibility index (Phi) is 6.84. The second kappa shape index (κ2) is 9.12. The first-order chi connectivity index (χ1) is 11.2. The summed E-state index contributed by atoms with van der Waals surface area (Å²) >= 11 is 1.49. The third kappa shape index (κ3) is 5.54. The Labute approximate surface area is 140 Å². The lowest BCUT2D eigenvalue weighted by Gasteiger charge is -2.07. The summed E-state index contributed by atoms with van der Waals surface area (Å²) in [6.45, 7) is 0.296. The van der Waals surface area contributed by atoms with Gasteiger partial charge in [0.15, 0.2) is 0 Å². The summed E-state index contributed by atoms with van der Waals surface area (Å²) in [5.74, 6) is 0.805. The van der Waals surface area contributed by atoms with Gasteiger partial charge >= 0.3 is 5.97 Å². The summed E-state index contributed by atoms with van der Waals surface area (Å²) in [6.07, 6.45) is 0.716. The van der Waals surface area contributed by atoms with E-state index in [2.05, 4.69) is 0 Å². The Bertz CT molecular complexity index is 646. The van der Waals surface area contributed by atoms with Crippen LogP contribution >= 0.6 is 11.8 Å². The Morgan fingerprint density at radius 1 is 1.13 bits per heavy atom. The van der Waals surface area contributed by atoms with Gasteiger partial charge in [0.1, 0.15) is 12.9 Å². The van der Waals surface area contributed by atoms with E-state index in [0.717, 1.165) is 11.1 Å². The molecule has 2 aromatic rings. The average molecular weight is 329 g/mol. The molecule has 0 unspecified atom stereocenters. The predicted octanol–water partition coefficient (Wildman–Crippen LogP) is 2.77. The largest absolute Gasteiger partial charge is 0.461 e. The Balaban J connectivity index is 1.87. The molecular formula is C18H19NO3S. The van der Waals surface area contributed by atoms with Crippen LogP contribution in [-0.4, -0.2) is 36.4 Å². The zero-order valence-corrected chi connectivity index (χ0v) is 13.5. The Morgan fingerprint density at radius 3 is 2.61 bits per heavy atom. The van der Waals surface area contributed by atoms with Crippen molar-refractivity contribution in [2.45, 2.75) is 6.04 Å². The van der Waals surface area contributed by atoms with Crippen molar-refractivity contribution in [2.24, 2.45) is 5.73 Å². The van der Waals surface area contributed by atoms with Crippen molar-refractivity contribution in [3.05, 3.63) is 60.2 Å². The van der Waals surface area contributed by atoms with Crippen molar-refractivity contribution < 1.29 is 14.3 Å². The van der Waals surface area contributed by atoms with E-state index in [-0.39, 0.29) is 5.97 Å². The van der Waals surface area contributed by atoms with Crippen molar-refractivity contribution >= 4 is 24.0 Å². The number of esters is 1. The van der Waals surface area contributed by atoms with Gasteiger partial charge in [-0.3, -0.25) is 0 Å². The SMILES string of the molecule is N[C@H](C=O)CSCCOC(=O)c1cccc(-c2ccccc2)c1. The highest BCUT2D eigenvalue weighted by Gasteiger charge is 2.08. The van der Waals surface area contributed by atoms with Crippen LogP contribution in [0.1, 0.15) is 10.4 Å². The maximum absolute atomic E-state index is 12.1. The van der Waals surface area contributed by atoms with Crippen molar-refractivity contribution in [3.63, 3.8) is 0 Å². The standard InChI is InChI=1S/C18H19NO3S/c19-17(12-20)13-23-10-9-22-18(21)16-8-4-7-15(11-16)14-5-2-1-3-6-14/h1-8,11-12,17H,9-10,13,19H2/t17-/m1/s1. The van der Waals surface area contributed by atoms with Crippen LogP contribution in [0.15, 0.2) is 54.6 Å². The number of benzene rings is 2. The number of ether oxygens (including phenoxy) is 1. The van der Waals surface area contributed by atoms with Crippen LogP contribution in [-0.2, 0) is 9.53 Å². The fraction of sp³-hybridized carbons (Fsp3) is 0.222. The van der Waals surface area contributed by atoms with E-state index < -0.39 is 6.04 Å². The fourth-order valence-corrected chi connectivity index (χ4v) is 2.71. The number of thioether (sulfide) groups is 1. The molecule has 0 bridgehead atoms. The van der Waals surface area contributed by atoms with Crippen molar-refractivity contribution in [1.82, 2.24) is 0 Å². The third-order valence-electron chi connectivity index (χ3n) is 3.15. The molecule has 2 rings (SSSR count). The minimum absolute atomic E-state index is 0.296. The summed E-state index contributed by atoms with van der Waals surface area (Å²) in [5, 5.41) is 0. The lowest BCUT2D eigenvalue weighted by atomic mass is 10.0. The Hall–Kier alpha value is -2.11. The van der Waals surface area contributed by atoms with E-state index in [1.54, 1.807) is 6.07 Å². The summed E-state index contributed by atoms with van der Waals surface area (Å²) in [7, 11) is 0. The molecule has 0 aliphatic carbocycles. The van der Waals surface area contributed by atoms with Crippen molar-refractivity contribution in [1.29, 1.82) is 0 Å². The van der Waals surface area contributed by atoms with E-state index in [1.807, 2.05) is 48.5 Å². The van der Waals surface area contributed by atoms with Crippen LogP contribution in [0, 0.1) is 0 Å². The zero-order valence-electron chi connectivity index (χ0n) is 12.7. The van der Waals surface area contributed by atoms with Gasteiger partial charge in [0.05, 0.1) is 11.6 Å². The number of carbonyl (C=O) groups is 2. The minimum Gasteiger partial charge on any atom is -0.461 e. The van der Waals surface area contributed by atoms with Crippen LogP contribution in [0.25, 0.3) is 11.1 Å². The monoisotopic (exact) mass is 329 g/mol. The molecule has 0 aliphatic rings. The second-order valence-electron chi connectivity index (χ2n) is 4.96. The number of aldehydes is 1. The molecule has 0 aromatic heterocycles. The van der Waals surface area contributed by atoms with Gasteiger partial charge in [0.2, 0.25) is 0 Å². The van der Waals surface area contributed by atoms with E-state index in [9.17, 15) is 9.59 Å². The van der Waals surface area contributed by atoms with Gasteiger partial charge in [-0.05, 0) is 23.3 Å². The van der Waals surface area contributed by atoms with Crippen LogP contribution in [0.5, 0.6) is 0 Å². The van der Waals surface area contributed by atoms with E-state index in [4.69, 9.17) is 10.5 Å². The van der Waals surface area contributed by atoms with Gasteiger partial charge in [-0.15, -0.1) is 0 Å². The molecule has 0 saturated heterocycles. The molecule has 2 N–H and O–H groups in total. The molecule has 0 heterocycles. The van der Waals surface area contributed by atoms with Gasteiger partial charge in [0.25, 0.3) is 0 Å². The molecule has 1 atom stereocenters. The molecule has 0 spiro atoms. The quantitative estimate of drug-likeness (QED) is 0.458. The topological polar surface area (TPSA) is 69.4 Å². The number of hydrogen-bond acceptors (Lipinski definition) is 5. The van der Waals surface area contributed by atoms with Crippen LogP contribution in [0.3, 0.4) is 0 Å². The van der Waals surface area contributed by atoms with E-state index in [1.165, 1.54) is 11.8 Å². The summed E-state index contributed by atoms with van der Waals surface area (Å²) in [6, 6.07) is 16.8. The summed E-state index contributed by atoms with van der Waals surface area (Å²) in [5.41, 5.74) is 8.04. The zero-order chi connectivity index (χ0) is 16.5. The normalized spacial score (nSPS) is 11.7. The first kappa shape index (κ1) is 17.2. The number of rotatable bonds is 8. The van der Waals surface area contributed by atoms with Crippen LogP contribution in [0.4, 0.5) is 0 Å². The molecule has 0 saturated carbocycles. The number of hydrogen-bond donors (Lipinski definition) is 1. The van der Waals surface area contributed by atoms with E-state index >= 15 is 0 Å². The van der Waals surface area contributed by atoms with Gasteiger partial charge in [-0.1, -0.05) is 42.5 Å². The minimum atomic E-state index is -0.460. The van der Waals surface area contributed by atoms with Crippen molar-refractivity contribution in [2.75, 3.05) is 18.1 Å². The summed E-state index contributed by atoms with van der Waals surface area (Å²) in [4.78, 5) is 22.5. The molecule has 0 radical (unpaired) electrons. The van der Waals surface area contributed by atoms with Crippen LogP contribution in [0.2, 0.25) is 0 Å². The highest BCUT2D eigenvalue weighted by Crippen LogP contribution is 2.20. The molecule has 23 heavy (non-hydrogen) atoms. The number of carbonyl (C=O) groups excluding carboxylic acids is 2. The second-order valence-corrected chi connectivity index (χ2v) is 6.11. The highest BCUT2D eigenvalue weighted by molar-refractivity contribution is 7.99.